The minimum atomic E-state index is -0.246. The topological polar surface area (TPSA) is 81.0 Å². The number of thioether (sulfide) groups is 1. The zero-order chi connectivity index (χ0) is 22.9. The van der Waals surface area contributed by atoms with Gasteiger partial charge in [0, 0.05) is 30.3 Å². The van der Waals surface area contributed by atoms with Crippen LogP contribution in [0.15, 0.2) is 72.1 Å². The fourth-order valence-electron chi connectivity index (χ4n) is 3.82. The molecule has 164 valence electrons. The first-order chi connectivity index (χ1) is 16.0. The van der Waals surface area contributed by atoms with E-state index in [1.807, 2.05) is 22.8 Å². The highest BCUT2D eigenvalue weighted by Crippen LogP contribution is 2.29. The van der Waals surface area contributed by atoms with Gasteiger partial charge in [-0.25, -0.2) is 0 Å². The quantitative estimate of drug-likeness (QED) is 0.318. The summed E-state index contributed by atoms with van der Waals surface area (Å²) in [6, 6.07) is 17.0. The first-order valence-electron chi connectivity index (χ1n) is 10.6. The Morgan fingerprint density at radius 3 is 2.21 bits per heavy atom. The van der Waals surface area contributed by atoms with Crippen molar-refractivity contribution in [2.24, 2.45) is 0 Å². The van der Waals surface area contributed by atoms with E-state index in [1.165, 1.54) is 27.8 Å². The number of fused-ring (bicyclic) bond motifs is 1. The summed E-state index contributed by atoms with van der Waals surface area (Å²) in [5.41, 5.74) is 5.17. The molecule has 1 aliphatic heterocycles. The lowest BCUT2D eigenvalue weighted by atomic mass is 10.1. The van der Waals surface area contributed by atoms with Gasteiger partial charge in [0.25, 0.3) is 11.8 Å². The number of benzene rings is 2. The maximum Gasteiger partial charge on any atom is 0.261 e. The molecule has 0 spiro atoms. The molecule has 0 atom stereocenters. The van der Waals surface area contributed by atoms with Crippen LogP contribution >= 0.6 is 11.8 Å². The average Bonchev–Trinajstić information content (AvgIpc) is 3.36. The summed E-state index contributed by atoms with van der Waals surface area (Å²) in [5, 5.41) is 9.57. The molecule has 0 N–H and O–H groups in total. The molecule has 0 saturated carbocycles. The van der Waals surface area contributed by atoms with Crippen molar-refractivity contribution >= 4 is 23.6 Å². The molecular weight excluding hydrogens is 434 g/mol. The Labute approximate surface area is 195 Å². The highest BCUT2D eigenvalue weighted by molar-refractivity contribution is 7.99. The van der Waals surface area contributed by atoms with Gasteiger partial charge >= 0.3 is 0 Å². The molecular formula is C25H21N5O2S. The Balaban J connectivity index is 1.42. The van der Waals surface area contributed by atoms with Gasteiger partial charge in [-0.3, -0.25) is 24.0 Å². The summed E-state index contributed by atoms with van der Waals surface area (Å²) in [7, 11) is 0. The SMILES string of the molecule is Cc1ccc(-n2c(SCCN3C(=O)c4ccccc4C3=O)nnc2-c2ccncc2)cc1C. The third kappa shape index (κ3) is 3.82. The lowest BCUT2D eigenvalue weighted by molar-refractivity contribution is 0.0664. The number of nitrogens with zero attached hydrogens (tertiary/aromatic N) is 5. The fourth-order valence-corrected chi connectivity index (χ4v) is 4.70. The number of amides is 2. The smallest absolute Gasteiger partial charge is 0.261 e. The van der Waals surface area contributed by atoms with Gasteiger partial charge in [0.05, 0.1) is 16.8 Å². The van der Waals surface area contributed by atoms with Crippen LogP contribution in [0.25, 0.3) is 17.1 Å². The van der Waals surface area contributed by atoms with Crippen LogP contribution in [0.3, 0.4) is 0 Å². The molecule has 0 unspecified atom stereocenters. The van der Waals surface area contributed by atoms with Crippen LogP contribution in [-0.4, -0.2) is 48.8 Å². The second-order valence-corrected chi connectivity index (χ2v) is 8.86. The number of aryl methyl sites for hydroxylation is 2. The highest BCUT2D eigenvalue weighted by atomic mass is 32.2. The molecule has 0 bridgehead atoms. The number of rotatable bonds is 6. The van der Waals surface area contributed by atoms with Crippen LogP contribution in [0.1, 0.15) is 31.8 Å². The van der Waals surface area contributed by atoms with E-state index in [0.29, 0.717) is 34.4 Å². The van der Waals surface area contributed by atoms with Crippen LogP contribution in [0.4, 0.5) is 0 Å². The number of hydrogen-bond acceptors (Lipinski definition) is 6. The molecule has 3 heterocycles. The van der Waals surface area contributed by atoms with E-state index in [2.05, 4.69) is 41.2 Å². The zero-order valence-electron chi connectivity index (χ0n) is 18.2. The third-order valence-corrected chi connectivity index (χ3v) is 6.65. The average molecular weight is 456 g/mol. The minimum absolute atomic E-state index is 0.246. The summed E-state index contributed by atoms with van der Waals surface area (Å²) in [6.07, 6.45) is 3.45. The fraction of sp³-hybridized carbons (Fsp3) is 0.160. The zero-order valence-corrected chi connectivity index (χ0v) is 19.0. The summed E-state index contributed by atoms with van der Waals surface area (Å²) in [5.74, 6) is 0.725. The van der Waals surface area contributed by atoms with Crippen molar-refractivity contribution < 1.29 is 9.59 Å². The van der Waals surface area contributed by atoms with Gasteiger partial charge in [-0.2, -0.15) is 0 Å². The van der Waals surface area contributed by atoms with Crippen molar-refractivity contribution in [3.8, 4) is 17.1 Å². The number of hydrogen-bond donors (Lipinski definition) is 0. The Kier molecular flexibility index (Phi) is 5.51. The molecule has 2 aromatic carbocycles. The molecule has 4 aromatic rings. The maximum atomic E-state index is 12.7. The Hall–Kier alpha value is -3.78. The summed E-state index contributed by atoms with van der Waals surface area (Å²) in [4.78, 5) is 30.7. The van der Waals surface area contributed by atoms with Gasteiger partial charge in [-0.15, -0.1) is 10.2 Å². The van der Waals surface area contributed by atoms with E-state index >= 15 is 0 Å². The monoisotopic (exact) mass is 455 g/mol. The first-order valence-corrected chi connectivity index (χ1v) is 11.5. The van der Waals surface area contributed by atoms with Crippen LogP contribution in [0.5, 0.6) is 0 Å². The van der Waals surface area contributed by atoms with Crippen molar-refractivity contribution in [3.63, 3.8) is 0 Å². The van der Waals surface area contributed by atoms with Crippen molar-refractivity contribution in [1.29, 1.82) is 0 Å². The maximum absolute atomic E-state index is 12.7. The Morgan fingerprint density at radius 1 is 0.848 bits per heavy atom. The molecule has 0 fully saturated rings. The second-order valence-electron chi connectivity index (χ2n) is 7.80. The molecule has 8 heteroatoms. The van der Waals surface area contributed by atoms with Crippen molar-refractivity contribution in [2.75, 3.05) is 12.3 Å². The van der Waals surface area contributed by atoms with Gasteiger partial charge in [0.15, 0.2) is 11.0 Å². The third-order valence-electron chi connectivity index (χ3n) is 5.74. The van der Waals surface area contributed by atoms with Gasteiger partial charge in [-0.05, 0) is 61.4 Å². The van der Waals surface area contributed by atoms with Crippen molar-refractivity contribution in [2.45, 2.75) is 19.0 Å². The summed E-state index contributed by atoms with van der Waals surface area (Å²) in [6.45, 7) is 4.44. The number of aromatic nitrogens is 4. The predicted molar refractivity (Wildman–Crippen MR) is 127 cm³/mol. The largest absolute Gasteiger partial charge is 0.273 e. The van der Waals surface area contributed by atoms with E-state index in [0.717, 1.165) is 11.3 Å². The van der Waals surface area contributed by atoms with Crippen molar-refractivity contribution in [1.82, 2.24) is 24.6 Å². The van der Waals surface area contributed by atoms with Crippen LogP contribution < -0.4 is 0 Å². The summed E-state index contributed by atoms with van der Waals surface area (Å²) >= 11 is 1.46. The Morgan fingerprint density at radius 2 is 1.55 bits per heavy atom. The van der Waals surface area contributed by atoms with Crippen LogP contribution in [0, 0.1) is 13.8 Å². The number of carbonyl (C=O) groups is 2. The standard InChI is InChI=1S/C25H21N5O2S/c1-16-7-8-19(15-17(16)2)30-22(18-9-11-26-12-10-18)27-28-25(30)33-14-13-29-23(31)20-5-3-4-6-21(20)24(29)32/h3-12,15H,13-14H2,1-2H3. The molecule has 1 aliphatic rings. The second kappa shape index (κ2) is 8.63. The van der Waals surface area contributed by atoms with Crippen LogP contribution in [-0.2, 0) is 0 Å². The van der Waals surface area contributed by atoms with E-state index in [-0.39, 0.29) is 11.8 Å². The molecule has 7 nitrogen and oxygen atoms in total. The lowest BCUT2D eigenvalue weighted by Crippen LogP contribution is -2.31. The lowest BCUT2D eigenvalue weighted by Gasteiger charge is -2.14. The Bertz CT molecular complexity index is 1330. The molecule has 2 amide bonds. The van der Waals surface area contributed by atoms with E-state index in [1.54, 1.807) is 36.7 Å². The van der Waals surface area contributed by atoms with Crippen LogP contribution in [0.2, 0.25) is 0 Å². The van der Waals surface area contributed by atoms with Gasteiger partial charge in [0.1, 0.15) is 0 Å². The molecule has 0 aliphatic carbocycles. The first kappa shape index (κ1) is 21.1. The van der Waals surface area contributed by atoms with Crippen molar-refractivity contribution in [3.05, 3.63) is 89.2 Å². The number of pyridine rings is 1. The summed E-state index contributed by atoms with van der Waals surface area (Å²) < 4.78 is 2.01. The van der Waals surface area contributed by atoms with Gasteiger partial charge in [-0.1, -0.05) is 30.0 Å². The van der Waals surface area contributed by atoms with E-state index in [9.17, 15) is 9.59 Å². The predicted octanol–water partition coefficient (Wildman–Crippen LogP) is 4.33. The normalized spacial score (nSPS) is 13.0. The van der Waals surface area contributed by atoms with E-state index in [4.69, 9.17) is 0 Å². The molecule has 5 rings (SSSR count). The van der Waals surface area contributed by atoms with Gasteiger partial charge in [0.2, 0.25) is 0 Å². The molecule has 0 saturated heterocycles. The molecule has 33 heavy (non-hydrogen) atoms. The number of imide groups is 1. The molecule has 2 aromatic heterocycles. The minimum Gasteiger partial charge on any atom is -0.273 e. The van der Waals surface area contributed by atoms with Gasteiger partial charge < -0.3 is 0 Å². The number of carbonyl (C=O) groups excluding carboxylic acids is 2. The molecule has 0 radical (unpaired) electrons. The van der Waals surface area contributed by atoms with E-state index < -0.39 is 0 Å². The highest BCUT2D eigenvalue weighted by Gasteiger charge is 2.34.